The van der Waals surface area contributed by atoms with Crippen LogP contribution in [0.15, 0.2) is 231 Å². The van der Waals surface area contributed by atoms with Gasteiger partial charge < -0.3 is 9.80 Å². The lowest BCUT2D eigenvalue weighted by atomic mass is 9.82. The fourth-order valence-electron chi connectivity index (χ4n) is 9.56. The summed E-state index contributed by atoms with van der Waals surface area (Å²) < 4.78 is 0. The van der Waals surface area contributed by atoms with E-state index >= 15 is 0 Å². The Balaban J connectivity index is 0.998. The summed E-state index contributed by atoms with van der Waals surface area (Å²) in [6, 6.07) is 84.1. The number of hydrogen-bond acceptors (Lipinski definition) is 2. The predicted molar refractivity (Wildman–Crippen MR) is 259 cm³/mol. The van der Waals surface area contributed by atoms with E-state index in [0.717, 1.165) is 34.1 Å². The van der Waals surface area contributed by atoms with E-state index < -0.39 is 0 Å². The van der Waals surface area contributed by atoms with Crippen LogP contribution in [0.3, 0.4) is 0 Å². The molecule has 0 unspecified atom stereocenters. The molecule has 0 radical (unpaired) electrons. The Labute approximate surface area is 358 Å². The standard InChI is InChI=1S/C59H44N2/c1-59(2)56-25-12-11-21-53(56)54-38-37-50(40-57(54)59)60(46-19-7-4-8-20-46)47-34-30-44(31-35-47)51-22-13-24-55-52(51)23-14-26-58(55)61(49-36-29-42-17-9-10-18-45(42)39-49)48-32-27-43(28-33-48)41-15-5-3-6-16-41/h3-40H,1-2H3. The SMILES string of the molecule is CC1(C)c2ccccc2-c2ccc(N(c3ccccc3)c3ccc(-c4cccc5c(N(c6ccc(-c7ccccc7)cc6)c6ccc7ccccc7c6)cccc45)cc3)cc21. The van der Waals surface area contributed by atoms with Gasteiger partial charge in [-0.1, -0.05) is 178 Å². The molecule has 2 nitrogen and oxygen atoms in total. The van der Waals surface area contributed by atoms with Crippen molar-refractivity contribution in [2.75, 3.05) is 9.80 Å². The van der Waals surface area contributed by atoms with Gasteiger partial charge in [0, 0.05) is 39.2 Å². The molecule has 10 aromatic carbocycles. The van der Waals surface area contributed by atoms with Gasteiger partial charge >= 0.3 is 0 Å². The summed E-state index contributed by atoms with van der Waals surface area (Å²) in [6.45, 7) is 4.70. The summed E-state index contributed by atoms with van der Waals surface area (Å²) in [6.07, 6.45) is 0. The van der Waals surface area contributed by atoms with Crippen LogP contribution in [0, 0.1) is 0 Å². The highest BCUT2D eigenvalue weighted by Gasteiger charge is 2.35. The van der Waals surface area contributed by atoms with E-state index in [1.807, 2.05) is 0 Å². The van der Waals surface area contributed by atoms with E-state index in [-0.39, 0.29) is 5.41 Å². The quantitative estimate of drug-likeness (QED) is 0.152. The average molecular weight is 781 g/mol. The van der Waals surface area contributed by atoms with E-state index in [2.05, 4.69) is 254 Å². The van der Waals surface area contributed by atoms with Crippen LogP contribution in [0.25, 0.3) is 54.9 Å². The number of anilines is 6. The van der Waals surface area contributed by atoms with E-state index in [0.29, 0.717) is 0 Å². The van der Waals surface area contributed by atoms with Crippen LogP contribution < -0.4 is 9.80 Å². The molecule has 61 heavy (non-hydrogen) atoms. The van der Waals surface area contributed by atoms with Gasteiger partial charge in [-0.3, -0.25) is 0 Å². The summed E-state index contributed by atoms with van der Waals surface area (Å²) in [5.74, 6) is 0. The highest BCUT2D eigenvalue weighted by atomic mass is 15.1. The Bertz CT molecular complexity index is 3200. The Morgan fingerprint density at radius 2 is 0.820 bits per heavy atom. The van der Waals surface area contributed by atoms with Crippen molar-refractivity contribution >= 4 is 55.7 Å². The number of rotatable bonds is 8. The van der Waals surface area contributed by atoms with Gasteiger partial charge in [0.1, 0.15) is 0 Å². The summed E-state index contributed by atoms with van der Waals surface area (Å²) in [5, 5.41) is 4.84. The van der Waals surface area contributed by atoms with Crippen LogP contribution in [0.5, 0.6) is 0 Å². The zero-order valence-corrected chi connectivity index (χ0v) is 34.3. The monoisotopic (exact) mass is 780 g/mol. The number of fused-ring (bicyclic) bond motifs is 5. The van der Waals surface area contributed by atoms with Gasteiger partial charge in [0.15, 0.2) is 0 Å². The molecule has 2 heteroatoms. The summed E-state index contributed by atoms with van der Waals surface area (Å²) in [7, 11) is 0. The minimum Gasteiger partial charge on any atom is -0.310 e. The van der Waals surface area contributed by atoms with Crippen LogP contribution in [0.1, 0.15) is 25.0 Å². The van der Waals surface area contributed by atoms with Crippen molar-refractivity contribution in [2.24, 2.45) is 0 Å². The lowest BCUT2D eigenvalue weighted by Crippen LogP contribution is -2.16. The molecule has 0 heterocycles. The molecule has 1 aliphatic rings. The normalized spacial score (nSPS) is 12.6. The Kier molecular flexibility index (Phi) is 8.86. The topological polar surface area (TPSA) is 6.48 Å². The van der Waals surface area contributed by atoms with Crippen LogP contribution >= 0.6 is 0 Å². The molecule has 0 aliphatic heterocycles. The molecule has 1 aliphatic carbocycles. The summed E-state index contributed by atoms with van der Waals surface area (Å²) in [4.78, 5) is 4.79. The van der Waals surface area contributed by atoms with Gasteiger partial charge in [-0.25, -0.2) is 0 Å². The zero-order valence-electron chi connectivity index (χ0n) is 34.3. The van der Waals surface area contributed by atoms with Crippen LogP contribution in [-0.2, 0) is 5.41 Å². The Morgan fingerprint density at radius 1 is 0.295 bits per heavy atom. The first kappa shape index (κ1) is 36.4. The molecule has 0 aromatic heterocycles. The maximum absolute atomic E-state index is 2.41. The van der Waals surface area contributed by atoms with Crippen molar-refractivity contribution in [2.45, 2.75) is 19.3 Å². The average Bonchev–Trinajstić information content (AvgIpc) is 3.55. The molecular weight excluding hydrogens is 737 g/mol. The van der Waals surface area contributed by atoms with Gasteiger partial charge in [0.05, 0.1) is 5.69 Å². The van der Waals surface area contributed by atoms with E-state index in [1.165, 1.54) is 66.1 Å². The van der Waals surface area contributed by atoms with Crippen molar-refractivity contribution in [1.29, 1.82) is 0 Å². The second-order valence-electron chi connectivity index (χ2n) is 16.6. The molecule has 0 spiro atoms. The first-order valence-corrected chi connectivity index (χ1v) is 21.2. The first-order chi connectivity index (χ1) is 30.0. The summed E-state index contributed by atoms with van der Waals surface area (Å²) in [5.41, 5.74) is 16.9. The Hall–Kier alpha value is -7.68. The van der Waals surface area contributed by atoms with Crippen molar-refractivity contribution in [1.82, 2.24) is 0 Å². The van der Waals surface area contributed by atoms with Crippen molar-refractivity contribution in [3.63, 3.8) is 0 Å². The second kappa shape index (κ2) is 14.9. The molecule has 290 valence electrons. The smallest absolute Gasteiger partial charge is 0.0540 e. The van der Waals surface area contributed by atoms with E-state index in [4.69, 9.17) is 0 Å². The summed E-state index contributed by atoms with van der Waals surface area (Å²) >= 11 is 0. The zero-order chi connectivity index (χ0) is 40.9. The predicted octanol–water partition coefficient (Wildman–Crippen LogP) is 16.6. The fraction of sp³-hybridized carbons (Fsp3) is 0.0508. The van der Waals surface area contributed by atoms with Crippen LogP contribution in [-0.4, -0.2) is 0 Å². The van der Waals surface area contributed by atoms with Gasteiger partial charge in [-0.2, -0.15) is 0 Å². The van der Waals surface area contributed by atoms with Gasteiger partial charge in [0.2, 0.25) is 0 Å². The molecule has 10 aromatic rings. The molecule has 0 saturated carbocycles. The molecule has 0 N–H and O–H groups in total. The molecule has 0 bridgehead atoms. The van der Waals surface area contributed by atoms with Crippen LogP contribution in [0.2, 0.25) is 0 Å². The van der Waals surface area contributed by atoms with Gasteiger partial charge in [-0.05, 0) is 127 Å². The Morgan fingerprint density at radius 3 is 1.61 bits per heavy atom. The molecule has 11 rings (SSSR count). The number of benzene rings is 10. The highest BCUT2D eigenvalue weighted by Crippen LogP contribution is 2.51. The first-order valence-electron chi connectivity index (χ1n) is 21.2. The third-order valence-electron chi connectivity index (χ3n) is 12.6. The molecule has 0 amide bonds. The van der Waals surface area contributed by atoms with Crippen molar-refractivity contribution in [3.8, 4) is 33.4 Å². The van der Waals surface area contributed by atoms with Crippen molar-refractivity contribution in [3.05, 3.63) is 242 Å². The third kappa shape index (κ3) is 6.36. The minimum atomic E-state index is -0.0864. The largest absolute Gasteiger partial charge is 0.310 e. The maximum Gasteiger partial charge on any atom is 0.0540 e. The minimum absolute atomic E-state index is 0.0864. The lowest BCUT2D eigenvalue weighted by Gasteiger charge is -2.28. The maximum atomic E-state index is 2.41. The van der Waals surface area contributed by atoms with Gasteiger partial charge in [0.25, 0.3) is 0 Å². The molecular formula is C59H44N2. The number of hydrogen-bond donors (Lipinski definition) is 0. The van der Waals surface area contributed by atoms with Crippen molar-refractivity contribution < 1.29 is 0 Å². The number of nitrogens with zero attached hydrogens (tertiary/aromatic N) is 2. The highest BCUT2D eigenvalue weighted by molar-refractivity contribution is 6.06. The third-order valence-corrected chi connectivity index (χ3v) is 12.6. The van der Waals surface area contributed by atoms with E-state index in [9.17, 15) is 0 Å². The van der Waals surface area contributed by atoms with E-state index in [1.54, 1.807) is 0 Å². The second-order valence-corrected chi connectivity index (χ2v) is 16.6. The lowest BCUT2D eigenvalue weighted by molar-refractivity contribution is 0.660. The fourth-order valence-corrected chi connectivity index (χ4v) is 9.56. The molecule has 0 saturated heterocycles. The van der Waals surface area contributed by atoms with Gasteiger partial charge in [-0.15, -0.1) is 0 Å². The number of para-hydroxylation sites is 1. The van der Waals surface area contributed by atoms with Crippen LogP contribution in [0.4, 0.5) is 34.1 Å². The molecule has 0 atom stereocenters. The molecule has 0 fully saturated rings.